The minimum Gasteiger partial charge on any atom is -0.422 e. The maximum Gasteiger partial charge on any atom is 0.349 e. The molecule has 142 valence electrons. The molecule has 1 aromatic heterocycles. The van der Waals surface area contributed by atoms with Gasteiger partial charge in [-0.05, 0) is 79.2 Å². The average molecular weight is 373 g/mol. The molecule has 1 amide bonds. The zero-order valence-electron chi connectivity index (χ0n) is 15.7. The SMILES string of the molecule is O=C(NC12CC3CC(CC(C3)C1)C2)c1cc2c(ccc3ccccc32)oc1=O. The van der Waals surface area contributed by atoms with E-state index in [1.54, 1.807) is 12.1 Å². The molecule has 0 radical (unpaired) electrons. The summed E-state index contributed by atoms with van der Waals surface area (Å²) in [5.74, 6) is 1.95. The second-order valence-electron chi connectivity index (χ2n) is 9.30. The van der Waals surface area contributed by atoms with Crippen LogP contribution in [0, 0.1) is 17.8 Å². The fraction of sp³-hybridized carbons (Fsp3) is 0.417. The van der Waals surface area contributed by atoms with Crippen molar-refractivity contribution in [1.29, 1.82) is 0 Å². The van der Waals surface area contributed by atoms with Crippen LogP contribution in [0.15, 0.2) is 51.7 Å². The Morgan fingerprint density at radius 1 is 0.929 bits per heavy atom. The normalized spacial score (nSPS) is 30.8. The monoisotopic (exact) mass is 373 g/mol. The molecule has 0 saturated heterocycles. The van der Waals surface area contributed by atoms with E-state index in [1.165, 1.54) is 19.3 Å². The summed E-state index contributed by atoms with van der Waals surface area (Å²) in [7, 11) is 0. The summed E-state index contributed by atoms with van der Waals surface area (Å²) >= 11 is 0. The highest BCUT2D eigenvalue weighted by molar-refractivity contribution is 6.08. The lowest BCUT2D eigenvalue weighted by atomic mass is 9.53. The van der Waals surface area contributed by atoms with Crippen LogP contribution in [0.5, 0.6) is 0 Å². The van der Waals surface area contributed by atoms with Crippen LogP contribution in [0.1, 0.15) is 48.9 Å². The molecule has 1 heterocycles. The smallest absolute Gasteiger partial charge is 0.349 e. The van der Waals surface area contributed by atoms with Crippen molar-refractivity contribution in [2.24, 2.45) is 17.8 Å². The standard InChI is InChI=1S/C24H23NO3/c26-22(25-24-11-14-7-15(12-24)9-16(8-14)13-24)20-10-19-18-4-2-1-3-17(18)5-6-21(19)28-23(20)27/h1-6,10,14-16H,7-9,11-13H2,(H,25,26). The minimum absolute atomic E-state index is 0.119. The van der Waals surface area contributed by atoms with Crippen LogP contribution in [0.3, 0.4) is 0 Å². The predicted molar refractivity (Wildman–Crippen MR) is 108 cm³/mol. The summed E-state index contributed by atoms with van der Waals surface area (Å²) < 4.78 is 5.53. The third-order valence-electron chi connectivity index (χ3n) is 7.30. The van der Waals surface area contributed by atoms with Gasteiger partial charge < -0.3 is 9.73 Å². The molecular formula is C24H23NO3. The Morgan fingerprint density at radius 2 is 1.61 bits per heavy atom. The molecular weight excluding hydrogens is 350 g/mol. The number of nitrogens with one attached hydrogen (secondary N) is 1. The molecule has 28 heavy (non-hydrogen) atoms. The second-order valence-corrected chi connectivity index (χ2v) is 9.30. The van der Waals surface area contributed by atoms with Crippen molar-refractivity contribution in [3.05, 3.63) is 58.4 Å². The van der Waals surface area contributed by atoms with Crippen molar-refractivity contribution >= 4 is 27.6 Å². The number of fused-ring (bicyclic) bond motifs is 3. The fourth-order valence-corrected chi connectivity index (χ4v) is 6.60. The van der Waals surface area contributed by atoms with E-state index in [0.717, 1.165) is 53.2 Å². The van der Waals surface area contributed by atoms with Gasteiger partial charge >= 0.3 is 5.63 Å². The first-order chi connectivity index (χ1) is 13.6. The molecule has 4 aliphatic rings. The van der Waals surface area contributed by atoms with Gasteiger partial charge in [-0.25, -0.2) is 4.79 Å². The number of hydrogen-bond acceptors (Lipinski definition) is 3. The minimum atomic E-state index is -0.551. The van der Waals surface area contributed by atoms with E-state index in [9.17, 15) is 9.59 Å². The Hall–Kier alpha value is -2.62. The van der Waals surface area contributed by atoms with Crippen molar-refractivity contribution in [2.75, 3.05) is 0 Å². The molecule has 4 aliphatic carbocycles. The molecule has 2 aromatic carbocycles. The Labute approximate surface area is 162 Å². The summed E-state index contributed by atoms with van der Waals surface area (Å²) in [6.07, 6.45) is 7.14. The molecule has 0 unspecified atom stereocenters. The molecule has 4 fully saturated rings. The summed E-state index contributed by atoms with van der Waals surface area (Å²) in [5, 5.41) is 6.17. The number of carbonyl (C=O) groups is 1. The molecule has 0 spiro atoms. The lowest BCUT2D eigenvalue weighted by Crippen LogP contribution is -2.60. The summed E-state index contributed by atoms with van der Waals surface area (Å²) in [5.41, 5.74) is -0.0222. The highest BCUT2D eigenvalue weighted by Crippen LogP contribution is 2.55. The van der Waals surface area contributed by atoms with E-state index >= 15 is 0 Å². The Balaban J connectivity index is 1.40. The van der Waals surface area contributed by atoms with Gasteiger partial charge in [-0.15, -0.1) is 0 Å². The van der Waals surface area contributed by atoms with Gasteiger partial charge in [0.15, 0.2) is 0 Å². The van der Waals surface area contributed by atoms with Gasteiger partial charge in [0.2, 0.25) is 0 Å². The van der Waals surface area contributed by atoms with Crippen molar-refractivity contribution in [2.45, 2.75) is 44.1 Å². The second kappa shape index (κ2) is 5.69. The molecule has 4 bridgehead atoms. The Kier molecular flexibility index (Phi) is 3.32. The maximum atomic E-state index is 13.2. The quantitative estimate of drug-likeness (QED) is 0.526. The third kappa shape index (κ3) is 2.43. The number of hydrogen-bond donors (Lipinski definition) is 1. The van der Waals surface area contributed by atoms with Crippen LogP contribution in [-0.4, -0.2) is 11.4 Å². The largest absolute Gasteiger partial charge is 0.422 e. The van der Waals surface area contributed by atoms with Gasteiger partial charge in [-0.1, -0.05) is 30.3 Å². The number of amides is 1. The van der Waals surface area contributed by atoms with E-state index in [4.69, 9.17) is 4.42 Å². The average Bonchev–Trinajstić information content (AvgIpc) is 2.65. The van der Waals surface area contributed by atoms with Crippen LogP contribution >= 0.6 is 0 Å². The van der Waals surface area contributed by atoms with Crippen molar-refractivity contribution in [3.8, 4) is 0 Å². The summed E-state index contributed by atoms with van der Waals surface area (Å²) in [4.78, 5) is 25.7. The van der Waals surface area contributed by atoms with Crippen LogP contribution < -0.4 is 10.9 Å². The van der Waals surface area contributed by atoms with Crippen molar-refractivity contribution < 1.29 is 9.21 Å². The highest BCUT2D eigenvalue weighted by Gasteiger charge is 2.51. The van der Waals surface area contributed by atoms with Crippen LogP contribution in [0.4, 0.5) is 0 Å². The zero-order chi connectivity index (χ0) is 18.9. The fourth-order valence-electron chi connectivity index (χ4n) is 6.60. The van der Waals surface area contributed by atoms with Gasteiger partial charge in [0.25, 0.3) is 5.91 Å². The molecule has 4 nitrogen and oxygen atoms in total. The lowest BCUT2D eigenvalue weighted by Gasteiger charge is -2.56. The Morgan fingerprint density at radius 3 is 2.32 bits per heavy atom. The molecule has 1 N–H and O–H groups in total. The summed E-state index contributed by atoms with van der Waals surface area (Å²) in [6, 6.07) is 13.4. The third-order valence-corrected chi connectivity index (χ3v) is 7.30. The van der Waals surface area contributed by atoms with Gasteiger partial charge in [0.05, 0.1) is 0 Å². The lowest BCUT2D eigenvalue weighted by molar-refractivity contribution is -0.0167. The molecule has 4 saturated carbocycles. The van der Waals surface area contributed by atoms with Crippen LogP contribution in [0.25, 0.3) is 21.7 Å². The van der Waals surface area contributed by atoms with Crippen molar-refractivity contribution in [1.82, 2.24) is 5.32 Å². The van der Waals surface area contributed by atoms with Gasteiger partial charge in [0, 0.05) is 10.9 Å². The van der Waals surface area contributed by atoms with E-state index in [-0.39, 0.29) is 17.0 Å². The predicted octanol–water partition coefficient (Wildman–Crippen LogP) is 4.64. The number of rotatable bonds is 2. The first-order valence-corrected chi connectivity index (χ1v) is 10.4. The van der Waals surface area contributed by atoms with E-state index in [2.05, 4.69) is 5.32 Å². The topological polar surface area (TPSA) is 59.3 Å². The highest BCUT2D eigenvalue weighted by atomic mass is 16.4. The maximum absolute atomic E-state index is 13.2. The van der Waals surface area contributed by atoms with Crippen LogP contribution in [-0.2, 0) is 0 Å². The van der Waals surface area contributed by atoms with E-state index < -0.39 is 5.63 Å². The van der Waals surface area contributed by atoms with Crippen LogP contribution in [0.2, 0.25) is 0 Å². The van der Waals surface area contributed by atoms with Crippen molar-refractivity contribution in [3.63, 3.8) is 0 Å². The molecule has 0 aliphatic heterocycles. The Bertz CT molecular complexity index is 1140. The van der Waals surface area contributed by atoms with E-state index in [0.29, 0.717) is 5.58 Å². The van der Waals surface area contributed by atoms with Gasteiger partial charge in [-0.3, -0.25) is 4.79 Å². The number of carbonyl (C=O) groups excluding carboxylic acids is 1. The molecule has 0 atom stereocenters. The first kappa shape index (κ1) is 16.3. The molecule has 7 rings (SSSR count). The summed E-state index contributed by atoms with van der Waals surface area (Å²) in [6.45, 7) is 0. The zero-order valence-corrected chi connectivity index (χ0v) is 15.7. The first-order valence-electron chi connectivity index (χ1n) is 10.4. The van der Waals surface area contributed by atoms with Gasteiger partial charge in [0.1, 0.15) is 11.1 Å². The van der Waals surface area contributed by atoms with Gasteiger partial charge in [-0.2, -0.15) is 0 Å². The molecule has 4 heteroatoms. The molecule has 3 aromatic rings. The van der Waals surface area contributed by atoms with E-state index in [1.807, 2.05) is 30.3 Å². The number of benzene rings is 2.